The summed E-state index contributed by atoms with van der Waals surface area (Å²) in [6, 6.07) is 0. The molecular formula is C8H14N2S2. The van der Waals surface area contributed by atoms with Crippen LogP contribution in [-0.4, -0.2) is 10.7 Å². The molecule has 1 rings (SSSR count). The molecular weight excluding hydrogens is 188 g/mol. The number of rotatable bonds is 4. The molecule has 0 unspecified atom stereocenters. The Balaban J connectivity index is 2.45. The Morgan fingerprint density at radius 1 is 1.58 bits per heavy atom. The topological polar surface area (TPSA) is 38.9 Å². The summed E-state index contributed by atoms with van der Waals surface area (Å²) in [6.45, 7) is 4.22. The van der Waals surface area contributed by atoms with E-state index in [0.29, 0.717) is 5.13 Å². The van der Waals surface area contributed by atoms with Crippen molar-refractivity contribution in [1.29, 1.82) is 0 Å². The average Bonchev–Trinajstić information content (AvgIpc) is 2.31. The Labute approximate surface area is 81.6 Å². The van der Waals surface area contributed by atoms with Gasteiger partial charge in [-0.2, -0.15) is 0 Å². The molecule has 0 aromatic carbocycles. The van der Waals surface area contributed by atoms with Crippen molar-refractivity contribution in [2.75, 3.05) is 11.5 Å². The number of aryl methyl sites for hydroxylation is 1. The van der Waals surface area contributed by atoms with E-state index in [-0.39, 0.29) is 0 Å². The van der Waals surface area contributed by atoms with E-state index in [0.717, 1.165) is 5.69 Å². The lowest BCUT2D eigenvalue weighted by Crippen LogP contribution is -1.81. The second-order valence-corrected chi connectivity index (χ2v) is 5.02. The number of hydrogen-bond donors (Lipinski definition) is 1. The average molecular weight is 202 g/mol. The fourth-order valence-electron chi connectivity index (χ4n) is 0.846. The molecule has 0 amide bonds. The first-order valence-electron chi connectivity index (χ1n) is 4.09. The van der Waals surface area contributed by atoms with Crippen molar-refractivity contribution in [3.8, 4) is 0 Å². The van der Waals surface area contributed by atoms with Crippen molar-refractivity contribution < 1.29 is 0 Å². The molecule has 0 aliphatic carbocycles. The van der Waals surface area contributed by atoms with Gasteiger partial charge < -0.3 is 5.73 Å². The Morgan fingerprint density at radius 3 is 2.83 bits per heavy atom. The summed E-state index contributed by atoms with van der Waals surface area (Å²) >= 11 is 3.46. The van der Waals surface area contributed by atoms with Gasteiger partial charge in [0.25, 0.3) is 0 Å². The van der Waals surface area contributed by atoms with Crippen LogP contribution in [0.1, 0.15) is 25.5 Å². The SMILES string of the molecule is CCCCSc1sc(N)nc1C. The highest BCUT2D eigenvalue weighted by Gasteiger charge is 2.04. The van der Waals surface area contributed by atoms with Crippen molar-refractivity contribution in [3.63, 3.8) is 0 Å². The van der Waals surface area contributed by atoms with Crippen LogP contribution >= 0.6 is 23.1 Å². The van der Waals surface area contributed by atoms with Gasteiger partial charge >= 0.3 is 0 Å². The third kappa shape index (κ3) is 2.68. The van der Waals surface area contributed by atoms with Gasteiger partial charge in [-0.05, 0) is 19.1 Å². The van der Waals surface area contributed by atoms with E-state index < -0.39 is 0 Å². The smallest absolute Gasteiger partial charge is 0.181 e. The zero-order chi connectivity index (χ0) is 8.97. The molecule has 0 bridgehead atoms. The van der Waals surface area contributed by atoms with E-state index in [2.05, 4.69) is 11.9 Å². The van der Waals surface area contributed by atoms with Crippen LogP contribution in [-0.2, 0) is 0 Å². The van der Waals surface area contributed by atoms with Crippen molar-refractivity contribution in [2.24, 2.45) is 0 Å². The van der Waals surface area contributed by atoms with E-state index in [1.807, 2.05) is 18.7 Å². The van der Waals surface area contributed by atoms with Gasteiger partial charge in [0.15, 0.2) is 5.13 Å². The number of anilines is 1. The van der Waals surface area contributed by atoms with Crippen molar-refractivity contribution in [3.05, 3.63) is 5.69 Å². The first kappa shape index (κ1) is 9.86. The highest BCUT2D eigenvalue weighted by molar-refractivity contribution is 8.01. The highest BCUT2D eigenvalue weighted by atomic mass is 32.2. The summed E-state index contributed by atoms with van der Waals surface area (Å²) in [4.78, 5) is 4.17. The van der Waals surface area contributed by atoms with Crippen molar-refractivity contribution >= 4 is 28.2 Å². The molecule has 2 N–H and O–H groups in total. The monoisotopic (exact) mass is 202 g/mol. The summed E-state index contributed by atoms with van der Waals surface area (Å²) in [7, 11) is 0. The number of nitrogens with zero attached hydrogens (tertiary/aromatic N) is 1. The fourth-order valence-corrected chi connectivity index (χ4v) is 3.03. The minimum absolute atomic E-state index is 0.687. The standard InChI is InChI=1S/C8H14N2S2/c1-3-4-5-11-7-6(2)10-8(9)12-7/h3-5H2,1-2H3,(H2,9,10). The lowest BCUT2D eigenvalue weighted by molar-refractivity contribution is 0.896. The molecule has 1 heterocycles. The maximum atomic E-state index is 5.58. The van der Waals surface area contributed by atoms with Gasteiger partial charge in [0.1, 0.15) is 0 Å². The first-order valence-corrected chi connectivity index (χ1v) is 5.90. The summed E-state index contributed by atoms with van der Waals surface area (Å²) in [5, 5.41) is 0.687. The van der Waals surface area contributed by atoms with Gasteiger partial charge in [-0.25, -0.2) is 4.98 Å². The molecule has 1 aromatic rings. The van der Waals surface area contributed by atoms with Crippen LogP contribution < -0.4 is 5.73 Å². The largest absolute Gasteiger partial charge is 0.375 e. The minimum atomic E-state index is 0.687. The zero-order valence-electron chi connectivity index (χ0n) is 7.46. The quantitative estimate of drug-likeness (QED) is 0.602. The molecule has 1 aromatic heterocycles. The molecule has 0 aliphatic rings. The normalized spacial score (nSPS) is 10.5. The molecule has 0 saturated heterocycles. The number of thiazole rings is 1. The summed E-state index contributed by atoms with van der Waals surface area (Å²) in [5.74, 6) is 1.18. The predicted octanol–water partition coefficient (Wildman–Crippen LogP) is 2.93. The molecule has 4 heteroatoms. The summed E-state index contributed by atoms with van der Waals surface area (Å²) < 4.78 is 1.28. The van der Waals surface area contributed by atoms with Crippen molar-refractivity contribution in [2.45, 2.75) is 30.9 Å². The molecule has 0 radical (unpaired) electrons. The number of thioether (sulfide) groups is 1. The van der Waals surface area contributed by atoms with Gasteiger partial charge in [-0.15, -0.1) is 11.8 Å². The zero-order valence-corrected chi connectivity index (χ0v) is 9.10. The van der Waals surface area contributed by atoms with Crippen LogP contribution in [0.2, 0.25) is 0 Å². The summed E-state index contributed by atoms with van der Waals surface area (Å²) in [6.07, 6.45) is 2.52. The van der Waals surface area contributed by atoms with Gasteiger partial charge in [-0.3, -0.25) is 0 Å². The van der Waals surface area contributed by atoms with Gasteiger partial charge in [0.2, 0.25) is 0 Å². The van der Waals surface area contributed by atoms with Crippen LogP contribution in [0.4, 0.5) is 5.13 Å². The van der Waals surface area contributed by atoms with Crippen LogP contribution in [0.25, 0.3) is 0 Å². The third-order valence-electron chi connectivity index (χ3n) is 1.50. The number of unbranched alkanes of at least 4 members (excludes halogenated alkanes) is 1. The minimum Gasteiger partial charge on any atom is -0.375 e. The Hall–Kier alpha value is -0.220. The first-order chi connectivity index (χ1) is 5.74. The van der Waals surface area contributed by atoms with Gasteiger partial charge in [0, 0.05) is 0 Å². The lowest BCUT2D eigenvalue weighted by Gasteiger charge is -1.95. The molecule has 0 aliphatic heterocycles. The Kier molecular flexibility index (Phi) is 3.88. The molecule has 0 saturated carbocycles. The molecule has 2 nitrogen and oxygen atoms in total. The number of nitrogen functional groups attached to an aromatic ring is 1. The molecule has 68 valence electrons. The number of aromatic nitrogens is 1. The van der Waals surface area contributed by atoms with E-state index >= 15 is 0 Å². The second kappa shape index (κ2) is 4.72. The Bertz CT molecular complexity index is 245. The maximum Gasteiger partial charge on any atom is 0.181 e. The predicted molar refractivity (Wildman–Crippen MR) is 56.9 cm³/mol. The van der Waals surface area contributed by atoms with E-state index in [4.69, 9.17) is 5.73 Å². The maximum absolute atomic E-state index is 5.58. The van der Waals surface area contributed by atoms with Gasteiger partial charge in [-0.1, -0.05) is 24.7 Å². The van der Waals surface area contributed by atoms with Gasteiger partial charge in [0.05, 0.1) is 9.90 Å². The molecule has 12 heavy (non-hydrogen) atoms. The molecule has 0 fully saturated rings. The number of hydrogen-bond acceptors (Lipinski definition) is 4. The van der Waals surface area contributed by atoms with E-state index in [1.54, 1.807) is 11.3 Å². The Morgan fingerprint density at radius 2 is 2.33 bits per heavy atom. The highest BCUT2D eigenvalue weighted by Crippen LogP contribution is 2.30. The van der Waals surface area contributed by atoms with Crippen LogP contribution in [0.3, 0.4) is 0 Å². The molecule has 0 atom stereocenters. The van der Waals surface area contributed by atoms with Crippen molar-refractivity contribution in [1.82, 2.24) is 4.98 Å². The third-order valence-corrected chi connectivity index (χ3v) is 3.94. The van der Waals surface area contributed by atoms with E-state index in [9.17, 15) is 0 Å². The van der Waals surface area contributed by atoms with Crippen LogP contribution in [0.15, 0.2) is 4.21 Å². The summed E-state index contributed by atoms with van der Waals surface area (Å²) in [5.41, 5.74) is 6.66. The van der Waals surface area contributed by atoms with E-state index in [1.165, 1.54) is 22.8 Å². The van der Waals surface area contributed by atoms with Crippen LogP contribution in [0.5, 0.6) is 0 Å². The fraction of sp³-hybridized carbons (Fsp3) is 0.625. The molecule has 0 spiro atoms. The second-order valence-electron chi connectivity index (χ2n) is 2.63. The number of nitrogens with two attached hydrogens (primary N) is 1. The van der Waals surface area contributed by atoms with Crippen LogP contribution in [0, 0.1) is 6.92 Å². The lowest BCUT2D eigenvalue weighted by atomic mass is 10.4.